The lowest BCUT2D eigenvalue weighted by molar-refractivity contribution is 0.382. The highest BCUT2D eigenvalue weighted by Crippen LogP contribution is 2.34. The SMILES string of the molecule is O=S(=O)(c1nc(-c2ccccc2)oc1-c1ccccc1)N1CCN(c2ccccn2)CC1. The molecule has 1 aliphatic rings. The van der Waals surface area contributed by atoms with E-state index >= 15 is 0 Å². The second kappa shape index (κ2) is 8.57. The molecule has 2 aromatic heterocycles. The first kappa shape index (κ1) is 20.4. The molecule has 2 aromatic carbocycles. The molecule has 0 radical (unpaired) electrons. The second-order valence-corrected chi connectivity index (χ2v) is 9.32. The maximum Gasteiger partial charge on any atom is 0.264 e. The Hall–Kier alpha value is -3.49. The van der Waals surface area contributed by atoms with Crippen molar-refractivity contribution in [3.8, 4) is 22.8 Å². The Morgan fingerprint density at radius 1 is 0.750 bits per heavy atom. The van der Waals surface area contributed by atoms with Gasteiger partial charge in [-0.2, -0.15) is 9.29 Å². The summed E-state index contributed by atoms with van der Waals surface area (Å²) in [6.07, 6.45) is 1.74. The van der Waals surface area contributed by atoms with Crippen LogP contribution in [0.3, 0.4) is 0 Å². The van der Waals surface area contributed by atoms with Crippen molar-refractivity contribution in [1.82, 2.24) is 14.3 Å². The molecule has 7 nitrogen and oxygen atoms in total. The van der Waals surface area contributed by atoms with Gasteiger partial charge in [0.1, 0.15) is 5.82 Å². The molecule has 0 saturated carbocycles. The van der Waals surface area contributed by atoms with Crippen LogP contribution in [-0.4, -0.2) is 48.9 Å². The number of piperazine rings is 1. The summed E-state index contributed by atoms with van der Waals surface area (Å²) >= 11 is 0. The maximum absolute atomic E-state index is 13.6. The van der Waals surface area contributed by atoms with Gasteiger partial charge in [-0.25, -0.2) is 13.4 Å². The minimum Gasteiger partial charge on any atom is -0.435 e. The van der Waals surface area contributed by atoms with E-state index in [1.807, 2.05) is 78.9 Å². The van der Waals surface area contributed by atoms with Gasteiger partial charge in [0.25, 0.3) is 10.0 Å². The molecule has 1 fully saturated rings. The molecule has 5 rings (SSSR count). The molecule has 0 spiro atoms. The largest absolute Gasteiger partial charge is 0.435 e. The van der Waals surface area contributed by atoms with Gasteiger partial charge in [-0.05, 0) is 24.3 Å². The van der Waals surface area contributed by atoms with Crippen molar-refractivity contribution in [1.29, 1.82) is 0 Å². The average molecular weight is 447 g/mol. The molecule has 0 atom stereocenters. The highest BCUT2D eigenvalue weighted by atomic mass is 32.2. The Morgan fingerprint density at radius 2 is 1.38 bits per heavy atom. The predicted molar refractivity (Wildman–Crippen MR) is 123 cm³/mol. The number of rotatable bonds is 5. The number of sulfonamides is 1. The zero-order chi connectivity index (χ0) is 22.0. The number of nitrogens with zero attached hydrogens (tertiary/aromatic N) is 4. The molecule has 0 N–H and O–H groups in total. The Morgan fingerprint density at radius 3 is 2.00 bits per heavy atom. The van der Waals surface area contributed by atoms with Crippen LogP contribution < -0.4 is 4.90 Å². The van der Waals surface area contributed by atoms with E-state index in [0.717, 1.165) is 11.4 Å². The molecule has 0 amide bonds. The third kappa shape index (κ3) is 3.90. The van der Waals surface area contributed by atoms with Crippen LogP contribution in [0.25, 0.3) is 22.8 Å². The number of benzene rings is 2. The van der Waals surface area contributed by atoms with Crippen LogP contribution in [0.5, 0.6) is 0 Å². The van der Waals surface area contributed by atoms with E-state index in [4.69, 9.17) is 4.42 Å². The minimum atomic E-state index is -3.85. The van der Waals surface area contributed by atoms with E-state index in [-0.39, 0.29) is 16.7 Å². The van der Waals surface area contributed by atoms with Crippen molar-refractivity contribution in [2.24, 2.45) is 0 Å². The van der Waals surface area contributed by atoms with E-state index in [1.165, 1.54) is 4.31 Å². The summed E-state index contributed by atoms with van der Waals surface area (Å²) in [4.78, 5) is 10.9. The van der Waals surface area contributed by atoms with E-state index in [1.54, 1.807) is 6.20 Å². The molecule has 32 heavy (non-hydrogen) atoms. The highest BCUT2D eigenvalue weighted by Gasteiger charge is 2.35. The van der Waals surface area contributed by atoms with Gasteiger partial charge < -0.3 is 9.32 Å². The molecule has 0 aliphatic carbocycles. The van der Waals surface area contributed by atoms with Gasteiger partial charge in [-0.15, -0.1) is 0 Å². The van der Waals surface area contributed by atoms with Gasteiger partial charge >= 0.3 is 0 Å². The third-order valence-corrected chi connectivity index (χ3v) is 7.26. The summed E-state index contributed by atoms with van der Waals surface area (Å²) in [5.41, 5.74) is 1.40. The summed E-state index contributed by atoms with van der Waals surface area (Å²) in [6, 6.07) is 24.3. The number of oxazole rings is 1. The van der Waals surface area contributed by atoms with Crippen molar-refractivity contribution in [2.75, 3.05) is 31.1 Å². The van der Waals surface area contributed by atoms with Gasteiger partial charge in [0.2, 0.25) is 10.9 Å². The zero-order valence-electron chi connectivity index (χ0n) is 17.3. The minimum absolute atomic E-state index is 0.0474. The van der Waals surface area contributed by atoms with Gasteiger partial charge in [0.05, 0.1) is 0 Å². The number of aromatic nitrogens is 2. The highest BCUT2D eigenvalue weighted by molar-refractivity contribution is 7.89. The van der Waals surface area contributed by atoms with E-state index in [9.17, 15) is 8.42 Å². The zero-order valence-corrected chi connectivity index (χ0v) is 18.1. The topological polar surface area (TPSA) is 79.5 Å². The van der Waals surface area contributed by atoms with Gasteiger partial charge in [0, 0.05) is 43.5 Å². The summed E-state index contributed by atoms with van der Waals surface area (Å²) in [5.74, 6) is 1.40. The molecule has 1 aliphatic heterocycles. The van der Waals surface area contributed by atoms with Crippen LogP contribution in [0.2, 0.25) is 0 Å². The van der Waals surface area contributed by atoms with Crippen molar-refractivity contribution >= 4 is 15.8 Å². The monoisotopic (exact) mass is 446 g/mol. The fourth-order valence-corrected chi connectivity index (χ4v) is 5.26. The predicted octanol–water partition coefficient (Wildman–Crippen LogP) is 3.91. The lowest BCUT2D eigenvalue weighted by atomic mass is 10.2. The first-order chi connectivity index (χ1) is 15.6. The van der Waals surface area contributed by atoms with E-state index < -0.39 is 10.0 Å². The van der Waals surface area contributed by atoms with Crippen LogP contribution in [0.15, 0.2) is 94.5 Å². The van der Waals surface area contributed by atoms with Gasteiger partial charge in [-0.1, -0.05) is 54.6 Å². The third-order valence-electron chi connectivity index (χ3n) is 5.45. The van der Waals surface area contributed by atoms with Crippen LogP contribution in [-0.2, 0) is 10.0 Å². The van der Waals surface area contributed by atoms with Crippen LogP contribution in [0.1, 0.15) is 0 Å². The first-order valence-corrected chi connectivity index (χ1v) is 11.8. The second-order valence-electron chi connectivity index (χ2n) is 7.46. The molecule has 162 valence electrons. The van der Waals surface area contributed by atoms with Crippen molar-refractivity contribution < 1.29 is 12.8 Å². The van der Waals surface area contributed by atoms with Gasteiger partial charge in [0.15, 0.2) is 5.76 Å². The summed E-state index contributed by atoms with van der Waals surface area (Å²) in [5, 5.41) is -0.0474. The van der Waals surface area contributed by atoms with E-state index in [2.05, 4.69) is 14.9 Å². The first-order valence-electron chi connectivity index (χ1n) is 10.4. The quantitative estimate of drug-likeness (QED) is 0.462. The molecule has 0 bridgehead atoms. The summed E-state index contributed by atoms with van der Waals surface area (Å²) in [7, 11) is -3.85. The smallest absolute Gasteiger partial charge is 0.264 e. The fraction of sp³-hybridized carbons (Fsp3) is 0.167. The number of hydrogen-bond acceptors (Lipinski definition) is 6. The Balaban J connectivity index is 1.48. The molecular formula is C24H22N4O3S. The molecule has 3 heterocycles. The lowest BCUT2D eigenvalue weighted by Crippen LogP contribution is -2.49. The summed E-state index contributed by atoms with van der Waals surface area (Å²) < 4.78 is 34.8. The fourth-order valence-electron chi connectivity index (χ4n) is 3.78. The van der Waals surface area contributed by atoms with Gasteiger partial charge in [-0.3, -0.25) is 0 Å². The van der Waals surface area contributed by atoms with Crippen molar-refractivity contribution in [2.45, 2.75) is 5.03 Å². The van der Waals surface area contributed by atoms with Crippen LogP contribution in [0.4, 0.5) is 5.82 Å². The van der Waals surface area contributed by atoms with E-state index in [0.29, 0.717) is 31.7 Å². The Kier molecular flexibility index (Phi) is 5.46. The molecular weight excluding hydrogens is 424 g/mol. The van der Waals surface area contributed by atoms with Crippen molar-refractivity contribution in [3.63, 3.8) is 0 Å². The molecule has 1 saturated heterocycles. The van der Waals surface area contributed by atoms with Crippen LogP contribution >= 0.6 is 0 Å². The molecule has 0 unspecified atom stereocenters. The van der Waals surface area contributed by atoms with Crippen molar-refractivity contribution in [3.05, 3.63) is 85.1 Å². The summed E-state index contributed by atoms with van der Waals surface area (Å²) in [6.45, 7) is 1.81. The number of hydrogen-bond donors (Lipinski definition) is 0. The van der Waals surface area contributed by atoms with Crippen LogP contribution in [0, 0.1) is 0 Å². The lowest BCUT2D eigenvalue weighted by Gasteiger charge is -2.34. The standard InChI is InChI=1S/C24H22N4O3S/c29-32(30,28-17-15-27(16-18-28)21-13-7-8-14-25-21)24-22(19-9-3-1-4-10-19)31-23(26-24)20-11-5-2-6-12-20/h1-14H,15-18H2. The number of pyridine rings is 1. The average Bonchev–Trinajstić information content (AvgIpc) is 3.32. The Bertz CT molecular complexity index is 1290. The molecule has 8 heteroatoms. The maximum atomic E-state index is 13.6. The Labute approximate surface area is 187 Å². The molecule has 4 aromatic rings. The number of anilines is 1. The normalized spacial score (nSPS) is 15.1.